The Morgan fingerprint density at radius 3 is 1.69 bits per heavy atom. The third kappa shape index (κ3) is 4.40. The highest BCUT2D eigenvalue weighted by molar-refractivity contribution is 6.25. The molecular formula is C48H30O. The highest BCUT2D eigenvalue weighted by atomic mass is 16.3. The maximum atomic E-state index is 9.54. The molecule has 0 bridgehead atoms. The molecule has 228 valence electrons. The van der Waals surface area contributed by atoms with Crippen molar-refractivity contribution < 1.29 is 22.2 Å². The van der Waals surface area contributed by atoms with Crippen molar-refractivity contribution in [3.8, 4) is 44.7 Å². The van der Waals surface area contributed by atoms with Crippen molar-refractivity contribution in [3.63, 3.8) is 0 Å². The zero-order valence-electron chi connectivity index (χ0n) is 38.7. The van der Waals surface area contributed by atoms with Crippen LogP contribution in [-0.4, -0.2) is 0 Å². The lowest BCUT2D eigenvalue weighted by Crippen LogP contribution is -1.91. The summed E-state index contributed by atoms with van der Waals surface area (Å²) in [6.07, 6.45) is 0. The fraction of sp³-hybridized carbons (Fsp3) is 0. The topological polar surface area (TPSA) is 13.1 Å². The molecular weight excluding hydrogens is 593 g/mol. The third-order valence-corrected chi connectivity index (χ3v) is 9.17. The number of rotatable bonds is 4. The smallest absolute Gasteiger partial charge is 0.143 e. The van der Waals surface area contributed by atoms with E-state index in [4.69, 9.17) is 16.8 Å². The van der Waals surface area contributed by atoms with Gasteiger partial charge in [-0.25, -0.2) is 0 Å². The Balaban J connectivity index is 1.43. The van der Waals surface area contributed by atoms with Gasteiger partial charge in [0.2, 0.25) is 0 Å². The highest BCUT2D eigenvalue weighted by Gasteiger charge is 2.24. The SMILES string of the molecule is [2H]c1c([2H])c([2H])c(-c2ccc3c(-c4c5c([2H])c([2H])c([2H])c([2H])c5c(-c5ccccc5)c5c([2H])c([2H])c([2H])c([2H])c45)c(-c4ccc5c(ccc6ccccc65)c4)oc3c2)c([2H])c1[2H]. The summed E-state index contributed by atoms with van der Waals surface area (Å²) in [5, 5.41) is 4.37. The van der Waals surface area contributed by atoms with Gasteiger partial charge >= 0.3 is 0 Å². The Morgan fingerprint density at radius 2 is 0.939 bits per heavy atom. The van der Waals surface area contributed by atoms with E-state index in [9.17, 15) is 5.48 Å². The summed E-state index contributed by atoms with van der Waals surface area (Å²) in [4.78, 5) is 0. The summed E-state index contributed by atoms with van der Waals surface area (Å²) < 4.78 is 123. The molecule has 0 spiro atoms. The fourth-order valence-electron chi connectivity index (χ4n) is 7.02. The molecule has 0 aliphatic heterocycles. The summed E-state index contributed by atoms with van der Waals surface area (Å²) in [5.41, 5.74) is 1.99. The van der Waals surface area contributed by atoms with Crippen LogP contribution in [0.25, 0.3) is 98.8 Å². The number of hydrogen-bond donors (Lipinski definition) is 0. The van der Waals surface area contributed by atoms with E-state index in [-0.39, 0.29) is 60.7 Å². The van der Waals surface area contributed by atoms with Crippen molar-refractivity contribution >= 4 is 54.1 Å². The van der Waals surface area contributed by atoms with Gasteiger partial charge in [0.05, 0.1) is 17.8 Å². The van der Waals surface area contributed by atoms with Crippen LogP contribution >= 0.6 is 0 Å². The van der Waals surface area contributed by atoms with Crippen molar-refractivity contribution in [2.75, 3.05) is 0 Å². The van der Waals surface area contributed by atoms with Gasteiger partial charge in [-0.15, -0.1) is 0 Å². The molecule has 0 saturated heterocycles. The fourth-order valence-corrected chi connectivity index (χ4v) is 7.02. The maximum Gasteiger partial charge on any atom is 0.143 e. The molecule has 1 heterocycles. The van der Waals surface area contributed by atoms with E-state index in [1.165, 1.54) is 0 Å². The van der Waals surface area contributed by atoms with Gasteiger partial charge in [-0.1, -0.05) is 163 Å². The molecule has 0 saturated carbocycles. The number of fused-ring (bicyclic) bond motifs is 6. The van der Waals surface area contributed by atoms with E-state index in [1.807, 2.05) is 54.6 Å². The monoisotopic (exact) mass is 635 g/mol. The first-order valence-corrected chi connectivity index (χ1v) is 15.8. The minimum atomic E-state index is -0.543. The van der Waals surface area contributed by atoms with E-state index in [2.05, 4.69) is 0 Å². The molecule has 0 unspecified atom stereocenters. The number of furan rings is 1. The first-order chi connectivity index (χ1) is 29.7. The van der Waals surface area contributed by atoms with E-state index in [1.54, 1.807) is 48.5 Å². The molecule has 0 aliphatic carbocycles. The van der Waals surface area contributed by atoms with Gasteiger partial charge in [0.1, 0.15) is 11.3 Å². The highest BCUT2D eigenvalue weighted by Crippen LogP contribution is 2.50. The predicted molar refractivity (Wildman–Crippen MR) is 208 cm³/mol. The van der Waals surface area contributed by atoms with Crippen LogP contribution in [0.5, 0.6) is 0 Å². The van der Waals surface area contributed by atoms with Crippen molar-refractivity contribution in [3.05, 3.63) is 182 Å². The van der Waals surface area contributed by atoms with Crippen LogP contribution in [0.15, 0.2) is 186 Å². The first-order valence-electron chi connectivity index (χ1n) is 22.3. The first kappa shape index (κ1) is 17.6. The van der Waals surface area contributed by atoms with Crippen LogP contribution in [0, 0.1) is 0 Å². The second-order valence-corrected chi connectivity index (χ2v) is 11.9. The van der Waals surface area contributed by atoms with E-state index >= 15 is 0 Å². The number of hydrogen-bond acceptors (Lipinski definition) is 1. The molecule has 10 rings (SSSR count). The molecule has 0 N–H and O–H groups in total. The van der Waals surface area contributed by atoms with Crippen molar-refractivity contribution in [2.45, 2.75) is 0 Å². The molecule has 1 heteroatoms. The van der Waals surface area contributed by atoms with Crippen LogP contribution in [-0.2, 0) is 0 Å². The molecule has 0 atom stereocenters. The van der Waals surface area contributed by atoms with Crippen molar-refractivity contribution in [1.29, 1.82) is 0 Å². The normalized spacial score (nSPS) is 15.4. The zero-order chi connectivity index (χ0) is 43.6. The molecule has 49 heavy (non-hydrogen) atoms. The van der Waals surface area contributed by atoms with Gasteiger partial charge in [0.25, 0.3) is 0 Å². The summed E-state index contributed by atoms with van der Waals surface area (Å²) in [5.74, 6) is 0.211. The lowest BCUT2D eigenvalue weighted by atomic mass is 9.84. The van der Waals surface area contributed by atoms with E-state index < -0.39 is 78.6 Å². The lowest BCUT2D eigenvalue weighted by Gasteiger charge is -2.18. The van der Waals surface area contributed by atoms with Crippen LogP contribution in [0.1, 0.15) is 17.8 Å². The molecule has 1 nitrogen and oxygen atoms in total. The molecule has 10 aromatic rings. The standard InChI is InChI=1S/C48H30O/c1-3-13-31(14-4-1)34-25-28-43-44(30-34)49-48(36-26-27-38-35(29-36)24-23-32-15-7-8-18-37(32)38)47(43)46-41-21-11-9-19-39(41)45(33-16-5-2-6-17-33)40-20-10-12-22-42(40)46/h1-30H/i1D,3D,4D,9D,10D,11D,12D,13D,14D,19D,20D,21D,22D. The molecule has 1 aromatic heterocycles. The summed E-state index contributed by atoms with van der Waals surface area (Å²) >= 11 is 0. The summed E-state index contributed by atoms with van der Waals surface area (Å²) in [7, 11) is 0. The lowest BCUT2D eigenvalue weighted by molar-refractivity contribution is 0.633. The van der Waals surface area contributed by atoms with Gasteiger partial charge in [0.15, 0.2) is 0 Å². The van der Waals surface area contributed by atoms with E-state index in [0.29, 0.717) is 16.5 Å². The minimum Gasteiger partial charge on any atom is -0.455 e. The molecule has 0 radical (unpaired) electrons. The van der Waals surface area contributed by atoms with Crippen LogP contribution in [0.2, 0.25) is 0 Å². The molecule has 0 aliphatic rings. The Kier molecular flexibility index (Phi) is 3.99. The van der Waals surface area contributed by atoms with Gasteiger partial charge < -0.3 is 4.42 Å². The van der Waals surface area contributed by atoms with E-state index in [0.717, 1.165) is 21.5 Å². The largest absolute Gasteiger partial charge is 0.455 e. The quantitative estimate of drug-likeness (QED) is 0.139. The average Bonchev–Trinajstić information content (AvgIpc) is 3.67. The van der Waals surface area contributed by atoms with Gasteiger partial charge in [-0.3, -0.25) is 0 Å². The summed E-state index contributed by atoms with van der Waals surface area (Å²) in [6.45, 7) is 0. The van der Waals surface area contributed by atoms with Crippen LogP contribution < -0.4 is 0 Å². The Hall–Kier alpha value is -6.44. The maximum absolute atomic E-state index is 9.54. The molecule has 0 amide bonds. The van der Waals surface area contributed by atoms with Crippen molar-refractivity contribution in [2.24, 2.45) is 0 Å². The second kappa shape index (κ2) is 11.1. The third-order valence-electron chi connectivity index (χ3n) is 9.17. The van der Waals surface area contributed by atoms with Gasteiger partial charge in [0, 0.05) is 22.1 Å². The molecule has 9 aromatic carbocycles. The van der Waals surface area contributed by atoms with Crippen molar-refractivity contribution in [1.82, 2.24) is 0 Å². The second-order valence-electron chi connectivity index (χ2n) is 11.9. The van der Waals surface area contributed by atoms with Gasteiger partial charge in [-0.05, 0) is 83.5 Å². The van der Waals surface area contributed by atoms with Crippen LogP contribution in [0.3, 0.4) is 0 Å². The number of benzene rings is 9. The van der Waals surface area contributed by atoms with Gasteiger partial charge in [-0.2, -0.15) is 0 Å². The summed E-state index contributed by atoms with van der Waals surface area (Å²) in [6, 6.07) is 25.0. The predicted octanol–water partition coefficient (Wildman–Crippen LogP) is 13.7. The Labute approximate surface area is 302 Å². The van der Waals surface area contributed by atoms with Crippen LogP contribution in [0.4, 0.5) is 0 Å². The average molecular weight is 636 g/mol. The zero-order valence-corrected chi connectivity index (χ0v) is 25.7. The Bertz CT molecular complexity index is 3510. The minimum absolute atomic E-state index is 0.0119. The Morgan fingerprint density at radius 1 is 0.347 bits per heavy atom. The molecule has 0 fully saturated rings.